The molecule has 9 heteroatoms. The number of benzene rings is 1. The van der Waals surface area contributed by atoms with Gasteiger partial charge in [-0.25, -0.2) is 12.8 Å². The Labute approximate surface area is 107 Å². The fourth-order valence-electron chi connectivity index (χ4n) is 1.24. The molecule has 2 aromatic rings. The van der Waals surface area contributed by atoms with Gasteiger partial charge in [-0.1, -0.05) is 16.8 Å². The van der Waals surface area contributed by atoms with Crippen molar-refractivity contribution in [2.75, 3.05) is 10.5 Å². The van der Waals surface area contributed by atoms with Crippen LogP contribution < -0.4 is 10.5 Å². The summed E-state index contributed by atoms with van der Waals surface area (Å²) in [4.78, 5) is -0.657. The minimum atomic E-state index is -4.17. The van der Waals surface area contributed by atoms with E-state index in [1.165, 1.54) is 12.3 Å². The molecule has 0 radical (unpaired) electrons. The first-order valence-corrected chi connectivity index (χ1v) is 6.44. The molecule has 0 bridgehead atoms. The molecule has 0 aliphatic carbocycles. The maximum Gasteiger partial charge on any atom is 0.266 e. The third kappa shape index (κ3) is 2.39. The maximum absolute atomic E-state index is 13.7. The zero-order chi connectivity index (χ0) is 13.3. The first kappa shape index (κ1) is 12.7. The molecule has 18 heavy (non-hydrogen) atoms. The van der Waals surface area contributed by atoms with Crippen molar-refractivity contribution < 1.29 is 17.3 Å². The van der Waals surface area contributed by atoms with Gasteiger partial charge in [-0.3, -0.25) is 4.72 Å². The molecule has 96 valence electrons. The number of nitrogens with zero attached hydrogens (tertiary/aromatic N) is 1. The molecule has 1 aromatic heterocycles. The summed E-state index contributed by atoms with van der Waals surface area (Å²) in [6, 6.07) is 3.34. The standard InChI is InChI=1S/C9H7ClFN3O3S/c10-5-3-6(12)9(11)7(4-5)18(15,16)14-8-1-2-17-13-8/h1-4H,12H2,(H,13,14). The molecule has 0 unspecified atom stereocenters. The van der Waals surface area contributed by atoms with Crippen LogP contribution in [0.4, 0.5) is 15.9 Å². The molecule has 6 nitrogen and oxygen atoms in total. The van der Waals surface area contributed by atoms with Gasteiger partial charge in [0.25, 0.3) is 10.0 Å². The lowest BCUT2D eigenvalue weighted by molar-refractivity contribution is 0.423. The highest BCUT2D eigenvalue weighted by molar-refractivity contribution is 7.92. The van der Waals surface area contributed by atoms with Gasteiger partial charge < -0.3 is 10.3 Å². The highest BCUT2D eigenvalue weighted by atomic mass is 35.5. The van der Waals surface area contributed by atoms with Crippen molar-refractivity contribution in [2.45, 2.75) is 4.90 Å². The molecule has 0 aliphatic heterocycles. The minimum absolute atomic E-state index is 0.00873. The average molecular weight is 292 g/mol. The van der Waals surface area contributed by atoms with E-state index in [2.05, 4.69) is 9.68 Å². The van der Waals surface area contributed by atoms with Gasteiger partial charge in [-0.15, -0.1) is 0 Å². The number of hydrogen-bond acceptors (Lipinski definition) is 5. The van der Waals surface area contributed by atoms with E-state index in [-0.39, 0.29) is 16.5 Å². The largest absolute Gasteiger partial charge is 0.396 e. The fourth-order valence-corrected chi connectivity index (χ4v) is 2.66. The van der Waals surface area contributed by atoms with Gasteiger partial charge in [0.05, 0.1) is 5.69 Å². The Hall–Kier alpha value is -1.80. The molecule has 1 heterocycles. The summed E-state index contributed by atoms with van der Waals surface area (Å²) in [6.07, 6.45) is 1.17. The molecule has 0 atom stereocenters. The van der Waals surface area contributed by atoms with Gasteiger partial charge in [0.1, 0.15) is 11.2 Å². The Kier molecular flexibility index (Phi) is 3.14. The van der Waals surface area contributed by atoms with Crippen molar-refractivity contribution >= 4 is 33.1 Å². The van der Waals surface area contributed by atoms with E-state index < -0.39 is 20.7 Å². The van der Waals surface area contributed by atoms with Crippen LogP contribution in [0.25, 0.3) is 0 Å². The molecule has 0 saturated heterocycles. The van der Waals surface area contributed by atoms with E-state index in [4.69, 9.17) is 17.3 Å². The molecule has 0 aliphatic rings. The van der Waals surface area contributed by atoms with Crippen molar-refractivity contribution in [1.82, 2.24) is 5.16 Å². The number of sulfonamides is 1. The number of hydrogen-bond donors (Lipinski definition) is 2. The number of halogens is 2. The third-order valence-corrected chi connectivity index (χ3v) is 3.57. The Morgan fingerprint density at radius 3 is 2.78 bits per heavy atom. The van der Waals surface area contributed by atoms with Gasteiger partial charge >= 0.3 is 0 Å². The third-order valence-electron chi connectivity index (χ3n) is 2.00. The second-order valence-corrected chi connectivity index (χ2v) is 5.38. The molecule has 0 saturated carbocycles. The Morgan fingerprint density at radius 2 is 2.17 bits per heavy atom. The summed E-state index contributed by atoms with van der Waals surface area (Å²) in [7, 11) is -4.17. The zero-order valence-electron chi connectivity index (χ0n) is 8.72. The van der Waals surface area contributed by atoms with E-state index >= 15 is 0 Å². The van der Waals surface area contributed by atoms with E-state index in [1.807, 2.05) is 4.72 Å². The van der Waals surface area contributed by atoms with Crippen LogP contribution in [0.5, 0.6) is 0 Å². The van der Waals surface area contributed by atoms with Crippen LogP contribution in [0.1, 0.15) is 0 Å². The van der Waals surface area contributed by atoms with Crippen LogP contribution in [-0.2, 0) is 10.0 Å². The summed E-state index contributed by atoms with van der Waals surface area (Å²) in [6.45, 7) is 0. The molecule has 3 N–H and O–H groups in total. The van der Waals surface area contributed by atoms with Crippen molar-refractivity contribution in [3.05, 3.63) is 35.3 Å². The highest BCUT2D eigenvalue weighted by Gasteiger charge is 2.22. The summed E-state index contributed by atoms with van der Waals surface area (Å²) in [5.74, 6) is -1.15. The lowest BCUT2D eigenvalue weighted by Crippen LogP contribution is -2.15. The van der Waals surface area contributed by atoms with Crippen LogP contribution in [0, 0.1) is 5.82 Å². The van der Waals surface area contributed by atoms with E-state index in [9.17, 15) is 12.8 Å². The van der Waals surface area contributed by atoms with Crippen molar-refractivity contribution in [1.29, 1.82) is 0 Å². The lowest BCUT2D eigenvalue weighted by atomic mass is 10.3. The van der Waals surface area contributed by atoms with Crippen LogP contribution >= 0.6 is 11.6 Å². The molecular weight excluding hydrogens is 285 g/mol. The van der Waals surface area contributed by atoms with Gasteiger partial charge in [0.15, 0.2) is 11.6 Å². The SMILES string of the molecule is Nc1cc(Cl)cc(S(=O)(=O)Nc2ccon2)c1F. The minimum Gasteiger partial charge on any atom is -0.396 e. The molecule has 0 spiro atoms. The second-order valence-electron chi connectivity index (χ2n) is 3.30. The summed E-state index contributed by atoms with van der Waals surface area (Å²) in [5.41, 5.74) is 4.95. The number of nitrogens with two attached hydrogens (primary N) is 1. The molecule has 0 amide bonds. The molecule has 1 aromatic carbocycles. The Bertz CT molecular complexity index is 673. The number of nitrogen functional groups attached to an aromatic ring is 1. The highest BCUT2D eigenvalue weighted by Crippen LogP contribution is 2.26. The quantitative estimate of drug-likeness (QED) is 0.841. The smallest absolute Gasteiger partial charge is 0.266 e. The lowest BCUT2D eigenvalue weighted by Gasteiger charge is -2.08. The van der Waals surface area contributed by atoms with Crippen LogP contribution in [0.2, 0.25) is 5.02 Å². The molecular formula is C9H7ClFN3O3S. The first-order chi connectivity index (χ1) is 8.40. The number of nitrogens with one attached hydrogen (secondary N) is 1. The van der Waals surface area contributed by atoms with Gasteiger partial charge in [0, 0.05) is 11.1 Å². The van der Waals surface area contributed by atoms with Crippen molar-refractivity contribution in [3.63, 3.8) is 0 Å². The number of rotatable bonds is 3. The normalized spacial score (nSPS) is 11.4. The Balaban J connectivity index is 2.48. The topological polar surface area (TPSA) is 98.2 Å². The van der Waals surface area contributed by atoms with Crippen molar-refractivity contribution in [3.8, 4) is 0 Å². The monoisotopic (exact) mass is 291 g/mol. The molecule has 0 fully saturated rings. The average Bonchev–Trinajstić information content (AvgIpc) is 2.75. The van der Waals surface area contributed by atoms with Gasteiger partial charge in [-0.05, 0) is 12.1 Å². The van der Waals surface area contributed by atoms with E-state index in [0.717, 1.165) is 12.1 Å². The first-order valence-electron chi connectivity index (χ1n) is 4.58. The summed E-state index contributed by atoms with van der Waals surface area (Å²) < 4.78 is 43.9. The van der Waals surface area contributed by atoms with E-state index in [0.29, 0.717) is 0 Å². The van der Waals surface area contributed by atoms with Gasteiger partial charge in [0.2, 0.25) is 0 Å². The second kappa shape index (κ2) is 4.46. The fraction of sp³-hybridized carbons (Fsp3) is 0. The Morgan fingerprint density at radius 1 is 1.44 bits per heavy atom. The number of aromatic nitrogens is 1. The summed E-state index contributed by atoms with van der Waals surface area (Å²) >= 11 is 5.64. The van der Waals surface area contributed by atoms with Crippen LogP contribution in [-0.4, -0.2) is 13.6 Å². The predicted molar refractivity (Wildman–Crippen MR) is 63.1 cm³/mol. The van der Waals surface area contributed by atoms with Crippen LogP contribution in [0.15, 0.2) is 33.9 Å². The van der Waals surface area contributed by atoms with Crippen molar-refractivity contribution in [2.24, 2.45) is 0 Å². The van der Waals surface area contributed by atoms with E-state index in [1.54, 1.807) is 0 Å². The summed E-state index contributed by atoms with van der Waals surface area (Å²) in [5, 5.41) is 3.36. The van der Waals surface area contributed by atoms with Gasteiger partial charge in [-0.2, -0.15) is 0 Å². The van der Waals surface area contributed by atoms with Crippen LogP contribution in [0.3, 0.4) is 0 Å². The molecule has 2 rings (SSSR count). The predicted octanol–water partition coefficient (Wildman–Crippen LogP) is 1.85. The maximum atomic E-state index is 13.7. The number of anilines is 2. The zero-order valence-corrected chi connectivity index (χ0v) is 10.3.